The van der Waals surface area contributed by atoms with Gasteiger partial charge in [0, 0.05) is 17.6 Å². The molecule has 0 spiro atoms. The number of amides is 1. The predicted molar refractivity (Wildman–Crippen MR) is 72.9 cm³/mol. The van der Waals surface area contributed by atoms with Gasteiger partial charge in [-0.05, 0) is 32.0 Å². The fraction of sp³-hybridized carbons (Fsp3) is 0.385. The smallest absolute Gasteiger partial charge is 0.255 e. The van der Waals surface area contributed by atoms with Crippen molar-refractivity contribution in [2.45, 2.75) is 26.3 Å². The lowest BCUT2D eigenvalue weighted by atomic mass is 10.1. The Kier molecular flexibility index (Phi) is 5.46. The van der Waals surface area contributed by atoms with E-state index < -0.39 is 0 Å². The summed E-state index contributed by atoms with van der Waals surface area (Å²) in [6.45, 7) is 4.18. The van der Waals surface area contributed by atoms with Gasteiger partial charge in [0.25, 0.3) is 5.91 Å². The molecule has 5 heteroatoms. The van der Waals surface area contributed by atoms with Crippen molar-refractivity contribution in [3.63, 3.8) is 0 Å². The number of benzene rings is 1. The number of hydrogen-bond donors (Lipinski definition) is 0. The van der Waals surface area contributed by atoms with Crippen molar-refractivity contribution in [1.29, 1.82) is 5.26 Å². The second-order valence-electron chi connectivity index (χ2n) is 4.12. The van der Waals surface area contributed by atoms with Crippen molar-refractivity contribution < 1.29 is 4.79 Å². The molecule has 0 saturated carbocycles. The molecule has 0 unspecified atom stereocenters. The van der Waals surface area contributed by atoms with E-state index in [4.69, 9.17) is 28.5 Å². The molecule has 0 aliphatic heterocycles. The third kappa shape index (κ3) is 3.63. The molecular weight excluding hydrogens is 271 g/mol. The van der Waals surface area contributed by atoms with Crippen LogP contribution < -0.4 is 0 Å². The summed E-state index contributed by atoms with van der Waals surface area (Å²) in [7, 11) is 0. The highest BCUT2D eigenvalue weighted by molar-refractivity contribution is 6.35. The van der Waals surface area contributed by atoms with Crippen LogP contribution in [0.25, 0.3) is 0 Å². The van der Waals surface area contributed by atoms with Crippen LogP contribution in [0.4, 0.5) is 0 Å². The topological polar surface area (TPSA) is 44.1 Å². The first-order valence-electron chi connectivity index (χ1n) is 5.60. The number of carbonyl (C=O) groups excluding carboxylic acids is 1. The molecule has 3 nitrogen and oxygen atoms in total. The molecule has 1 rings (SSSR count). The number of hydrogen-bond acceptors (Lipinski definition) is 2. The monoisotopic (exact) mass is 284 g/mol. The molecule has 0 N–H and O–H groups in total. The van der Waals surface area contributed by atoms with Gasteiger partial charge in [0.2, 0.25) is 0 Å². The molecule has 0 aromatic heterocycles. The Morgan fingerprint density at radius 2 is 2.11 bits per heavy atom. The molecule has 0 atom stereocenters. The van der Waals surface area contributed by atoms with Crippen LogP contribution in [-0.2, 0) is 0 Å². The van der Waals surface area contributed by atoms with Crippen LogP contribution in [0.1, 0.15) is 30.6 Å². The summed E-state index contributed by atoms with van der Waals surface area (Å²) in [6.07, 6.45) is 0.294. The number of nitrogens with zero attached hydrogens (tertiary/aromatic N) is 2. The molecular formula is C13H14Cl2N2O. The Morgan fingerprint density at radius 1 is 1.44 bits per heavy atom. The van der Waals surface area contributed by atoms with Crippen LogP contribution >= 0.6 is 23.2 Å². The van der Waals surface area contributed by atoms with Crippen LogP contribution in [0.3, 0.4) is 0 Å². The largest absolute Gasteiger partial charge is 0.335 e. The standard InChI is InChI=1S/C13H14Cl2N2O/c1-9(2)17(7-3-6-16)13(18)11-8-10(14)4-5-12(11)15/h4-5,8-9H,3,7H2,1-2H3. The molecule has 0 bridgehead atoms. The van der Waals surface area contributed by atoms with E-state index in [1.807, 2.05) is 19.9 Å². The van der Waals surface area contributed by atoms with Crippen LogP contribution in [0, 0.1) is 11.3 Å². The third-order valence-electron chi connectivity index (χ3n) is 2.51. The van der Waals surface area contributed by atoms with Crippen molar-refractivity contribution in [2.24, 2.45) is 0 Å². The van der Waals surface area contributed by atoms with Crippen LogP contribution in [0.2, 0.25) is 10.0 Å². The summed E-state index contributed by atoms with van der Waals surface area (Å²) in [5, 5.41) is 9.45. The average molecular weight is 285 g/mol. The van der Waals surface area contributed by atoms with Gasteiger partial charge in [-0.2, -0.15) is 5.26 Å². The predicted octanol–water partition coefficient (Wildman–Crippen LogP) is 3.76. The molecule has 0 aliphatic rings. The summed E-state index contributed by atoms with van der Waals surface area (Å²) in [6, 6.07) is 6.81. The molecule has 96 valence electrons. The fourth-order valence-electron chi connectivity index (χ4n) is 1.58. The minimum Gasteiger partial charge on any atom is -0.335 e. The molecule has 0 fully saturated rings. The highest BCUT2D eigenvalue weighted by Gasteiger charge is 2.20. The number of carbonyl (C=O) groups is 1. The minimum atomic E-state index is -0.201. The van der Waals surface area contributed by atoms with E-state index in [1.54, 1.807) is 23.1 Å². The quantitative estimate of drug-likeness (QED) is 0.845. The SMILES string of the molecule is CC(C)N(CCC#N)C(=O)c1cc(Cl)ccc1Cl. The van der Waals surface area contributed by atoms with Gasteiger partial charge in [-0.15, -0.1) is 0 Å². The van der Waals surface area contributed by atoms with E-state index in [1.165, 1.54) is 0 Å². The lowest BCUT2D eigenvalue weighted by Crippen LogP contribution is -2.37. The Hall–Kier alpha value is -1.24. The first kappa shape index (κ1) is 14.8. The Bertz CT molecular complexity index is 480. The Morgan fingerprint density at radius 3 is 2.67 bits per heavy atom. The molecule has 18 heavy (non-hydrogen) atoms. The van der Waals surface area contributed by atoms with Crippen LogP contribution in [0.5, 0.6) is 0 Å². The van der Waals surface area contributed by atoms with Gasteiger partial charge in [-0.3, -0.25) is 4.79 Å². The van der Waals surface area contributed by atoms with Crippen molar-refractivity contribution >= 4 is 29.1 Å². The zero-order chi connectivity index (χ0) is 13.7. The first-order valence-corrected chi connectivity index (χ1v) is 6.36. The van der Waals surface area contributed by atoms with Gasteiger partial charge in [0.15, 0.2) is 0 Å². The van der Waals surface area contributed by atoms with Gasteiger partial charge >= 0.3 is 0 Å². The summed E-state index contributed by atoms with van der Waals surface area (Å²) in [5.41, 5.74) is 0.371. The molecule has 1 aromatic carbocycles. The van der Waals surface area contributed by atoms with Gasteiger partial charge in [-0.25, -0.2) is 0 Å². The summed E-state index contributed by atoms with van der Waals surface area (Å²) >= 11 is 11.9. The van der Waals surface area contributed by atoms with Gasteiger partial charge in [0.1, 0.15) is 0 Å². The van der Waals surface area contributed by atoms with E-state index >= 15 is 0 Å². The number of halogens is 2. The number of rotatable bonds is 4. The van der Waals surface area contributed by atoms with Crippen molar-refractivity contribution in [3.8, 4) is 6.07 Å². The second kappa shape index (κ2) is 6.63. The average Bonchev–Trinajstić information content (AvgIpc) is 2.32. The van der Waals surface area contributed by atoms with E-state index in [-0.39, 0.29) is 11.9 Å². The highest BCUT2D eigenvalue weighted by atomic mass is 35.5. The minimum absolute atomic E-state index is 0.000832. The summed E-state index contributed by atoms with van der Waals surface area (Å²) in [5.74, 6) is -0.201. The molecule has 0 radical (unpaired) electrons. The van der Waals surface area contributed by atoms with Crippen molar-refractivity contribution in [2.75, 3.05) is 6.54 Å². The van der Waals surface area contributed by atoms with Crippen LogP contribution in [0.15, 0.2) is 18.2 Å². The zero-order valence-corrected chi connectivity index (χ0v) is 11.8. The maximum Gasteiger partial charge on any atom is 0.255 e. The fourth-order valence-corrected chi connectivity index (χ4v) is 1.95. The van der Waals surface area contributed by atoms with E-state index in [0.717, 1.165) is 0 Å². The second-order valence-corrected chi connectivity index (χ2v) is 4.97. The molecule has 1 amide bonds. The molecule has 0 saturated heterocycles. The maximum absolute atomic E-state index is 12.3. The van der Waals surface area contributed by atoms with E-state index in [9.17, 15) is 4.79 Å². The lowest BCUT2D eigenvalue weighted by Gasteiger charge is -2.26. The number of nitriles is 1. The van der Waals surface area contributed by atoms with Gasteiger partial charge in [0.05, 0.1) is 23.1 Å². The molecule has 0 aliphatic carbocycles. The van der Waals surface area contributed by atoms with E-state index in [0.29, 0.717) is 28.6 Å². The van der Waals surface area contributed by atoms with Crippen LogP contribution in [-0.4, -0.2) is 23.4 Å². The summed E-state index contributed by atoms with van der Waals surface area (Å²) in [4.78, 5) is 14.0. The molecule has 1 aromatic rings. The zero-order valence-electron chi connectivity index (χ0n) is 10.3. The third-order valence-corrected chi connectivity index (χ3v) is 3.07. The highest BCUT2D eigenvalue weighted by Crippen LogP contribution is 2.22. The molecule has 0 heterocycles. The first-order chi connectivity index (χ1) is 8.47. The Balaban J connectivity index is 3.02. The van der Waals surface area contributed by atoms with Gasteiger partial charge in [-0.1, -0.05) is 23.2 Å². The van der Waals surface area contributed by atoms with Crippen molar-refractivity contribution in [1.82, 2.24) is 4.90 Å². The Labute approximate surface area is 117 Å². The van der Waals surface area contributed by atoms with Crippen molar-refractivity contribution in [3.05, 3.63) is 33.8 Å². The van der Waals surface area contributed by atoms with E-state index in [2.05, 4.69) is 0 Å². The summed E-state index contributed by atoms with van der Waals surface area (Å²) < 4.78 is 0. The normalized spacial score (nSPS) is 10.2. The van der Waals surface area contributed by atoms with Gasteiger partial charge < -0.3 is 4.90 Å². The maximum atomic E-state index is 12.3. The lowest BCUT2D eigenvalue weighted by molar-refractivity contribution is 0.0710.